The summed E-state index contributed by atoms with van der Waals surface area (Å²) in [5.41, 5.74) is 1.03. The number of fused-ring (bicyclic) bond motifs is 4. The van der Waals surface area contributed by atoms with Crippen LogP contribution in [0.5, 0.6) is 0 Å². The molecule has 3 saturated heterocycles. The molecule has 4 fully saturated rings. The van der Waals surface area contributed by atoms with Gasteiger partial charge in [0.1, 0.15) is 17.5 Å². The molecule has 48 heavy (non-hydrogen) atoms. The van der Waals surface area contributed by atoms with Gasteiger partial charge < -0.3 is 19.1 Å². The number of ketones is 1. The summed E-state index contributed by atoms with van der Waals surface area (Å²) >= 11 is 0. The van der Waals surface area contributed by atoms with E-state index in [9.17, 15) is 23.6 Å². The second-order valence-electron chi connectivity index (χ2n) is 15.1. The van der Waals surface area contributed by atoms with Gasteiger partial charge in [-0.25, -0.2) is 9.18 Å². The van der Waals surface area contributed by atoms with Gasteiger partial charge in [0.05, 0.1) is 28.9 Å². The molecule has 1 atom stereocenters. The first kappa shape index (κ1) is 33.6. The first-order valence-corrected chi connectivity index (χ1v) is 17.1. The zero-order valence-electron chi connectivity index (χ0n) is 28.9. The van der Waals surface area contributed by atoms with Crippen molar-refractivity contribution in [3.05, 3.63) is 59.8 Å². The summed E-state index contributed by atoms with van der Waals surface area (Å²) in [5.74, 6) is -1.44. The Labute approximate surface area is 281 Å². The summed E-state index contributed by atoms with van der Waals surface area (Å²) in [5, 5.41) is 0.660. The number of hydrogen-bond acceptors (Lipinski definition) is 6. The smallest absolute Gasteiger partial charge is 0.411 e. The summed E-state index contributed by atoms with van der Waals surface area (Å²) in [6.07, 6.45) is 8.00. The van der Waals surface area contributed by atoms with E-state index >= 15 is 0 Å². The van der Waals surface area contributed by atoms with Gasteiger partial charge in [-0.3, -0.25) is 24.3 Å². The van der Waals surface area contributed by atoms with E-state index in [1.165, 1.54) is 12.1 Å². The second kappa shape index (κ2) is 12.6. The molecule has 3 aliphatic heterocycles. The maximum absolute atomic E-state index is 14.6. The van der Waals surface area contributed by atoms with Crippen molar-refractivity contribution in [3.8, 4) is 5.69 Å². The Balaban J connectivity index is 1.26. The molecular weight excluding hydrogens is 613 g/mol. The molecule has 0 spiro atoms. The molecule has 5 heterocycles. The average molecular weight is 660 g/mol. The molecule has 7 rings (SSSR count). The molecule has 1 saturated carbocycles. The lowest BCUT2D eigenvalue weighted by molar-refractivity contribution is -0.150. The van der Waals surface area contributed by atoms with Crippen LogP contribution in [0.1, 0.15) is 94.9 Å². The first-order chi connectivity index (χ1) is 22.7. The molecule has 1 aromatic carbocycles. The van der Waals surface area contributed by atoms with E-state index in [2.05, 4.69) is 4.98 Å². The largest absolute Gasteiger partial charge is 0.444 e. The SMILES string of the molecule is CC(C)N(C(=O)c1cc(F)ccc1-n1cc(C(=O)C2CN(C(=O)[C@H]3C4CCC(CC4)N3C(=O)OC(C)(C)C)C2)c2ccncc21)C(C)C. The molecule has 11 heteroatoms. The number of amides is 3. The van der Waals surface area contributed by atoms with Crippen LogP contribution in [-0.2, 0) is 9.53 Å². The van der Waals surface area contributed by atoms with E-state index in [0.717, 1.165) is 25.7 Å². The molecule has 2 aromatic heterocycles. The zero-order chi connectivity index (χ0) is 34.7. The van der Waals surface area contributed by atoms with E-state index in [1.807, 2.05) is 48.5 Å². The number of likely N-dealkylation sites (tertiary alicyclic amines) is 1. The highest BCUT2D eigenvalue weighted by atomic mass is 19.1. The molecule has 256 valence electrons. The molecule has 0 N–H and O–H groups in total. The van der Waals surface area contributed by atoms with Gasteiger partial charge in [0.15, 0.2) is 5.78 Å². The van der Waals surface area contributed by atoms with E-state index in [-0.39, 0.29) is 60.3 Å². The van der Waals surface area contributed by atoms with Crippen molar-refractivity contribution in [2.24, 2.45) is 11.8 Å². The van der Waals surface area contributed by atoms with Crippen molar-refractivity contribution >= 4 is 34.6 Å². The fourth-order valence-electron chi connectivity index (χ4n) is 7.84. The molecule has 1 aliphatic carbocycles. The highest BCUT2D eigenvalue weighted by Gasteiger charge is 2.52. The van der Waals surface area contributed by atoms with Crippen LogP contribution < -0.4 is 0 Å². The highest BCUT2D eigenvalue weighted by Crippen LogP contribution is 2.42. The van der Waals surface area contributed by atoms with Gasteiger partial charge in [0.25, 0.3) is 5.91 Å². The third kappa shape index (κ3) is 6.07. The minimum atomic E-state index is -0.672. The van der Waals surface area contributed by atoms with Crippen LogP contribution in [0.15, 0.2) is 42.9 Å². The Morgan fingerprint density at radius 2 is 1.62 bits per heavy atom. The van der Waals surface area contributed by atoms with Gasteiger partial charge in [0.2, 0.25) is 5.91 Å². The standard InChI is InChI=1S/C37H46FN5O5/c1-21(2)42(22(3)4)34(45)28-16-25(38)10-13-30(28)41-20-29(27-14-15-39-17-31(27)41)33(44)24-18-40(19-24)35(46)32-23-8-11-26(12-9-23)43(32)36(47)48-37(5,6)7/h10,13-17,20-24,26,32H,8-9,11-12,18-19H2,1-7H3/t23?,26?,32-/m1/s1. The summed E-state index contributed by atoms with van der Waals surface area (Å²) < 4.78 is 22.1. The fraction of sp³-hybridized carbons (Fsp3) is 0.541. The Morgan fingerprint density at radius 1 is 0.958 bits per heavy atom. The first-order valence-electron chi connectivity index (χ1n) is 17.1. The summed E-state index contributed by atoms with van der Waals surface area (Å²) in [6, 6.07) is 5.04. The minimum absolute atomic E-state index is 0.0198. The summed E-state index contributed by atoms with van der Waals surface area (Å²) in [6.45, 7) is 13.7. The Kier molecular flexibility index (Phi) is 8.85. The molecule has 2 bridgehead atoms. The van der Waals surface area contributed by atoms with Crippen LogP contribution in [0.25, 0.3) is 16.6 Å². The van der Waals surface area contributed by atoms with E-state index in [0.29, 0.717) is 22.2 Å². The minimum Gasteiger partial charge on any atom is -0.444 e. The number of piperidine rings is 2. The van der Waals surface area contributed by atoms with E-state index in [1.54, 1.807) is 50.0 Å². The molecule has 4 aliphatic rings. The Hall–Kier alpha value is -4.28. The number of Topliss-reactive ketones (excluding diaryl/α,β-unsaturated/α-hetero) is 1. The maximum atomic E-state index is 14.6. The van der Waals surface area contributed by atoms with Crippen molar-refractivity contribution in [1.29, 1.82) is 0 Å². The number of hydrogen-bond donors (Lipinski definition) is 0. The van der Waals surface area contributed by atoms with Gasteiger partial charge in [-0.1, -0.05) is 0 Å². The highest BCUT2D eigenvalue weighted by molar-refractivity contribution is 6.10. The third-order valence-corrected chi connectivity index (χ3v) is 9.97. The van der Waals surface area contributed by atoms with Crippen LogP contribution in [0, 0.1) is 17.7 Å². The number of benzene rings is 1. The predicted molar refractivity (Wildman–Crippen MR) is 179 cm³/mol. The second-order valence-corrected chi connectivity index (χ2v) is 15.1. The number of pyridine rings is 1. The van der Waals surface area contributed by atoms with E-state index in [4.69, 9.17) is 4.74 Å². The summed E-state index contributed by atoms with van der Waals surface area (Å²) in [4.78, 5) is 64.4. The lowest BCUT2D eigenvalue weighted by Gasteiger charge is -2.52. The van der Waals surface area contributed by atoms with Crippen molar-refractivity contribution in [2.75, 3.05) is 13.1 Å². The van der Waals surface area contributed by atoms with Gasteiger partial charge >= 0.3 is 6.09 Å². The van der Waals surface area contributed by atoms with Crippen molar-refractivity contribution in [3.63, 3.8) is 0 Å². The number of ether oxygens (including phenoxy) is 1. The predicted octanol–water partition coefficient (Wildman–Crippen LogP) is 6.24. The van der Waals surface area contributed by atoms with Crippen molar-refractivity contribution in [1.82, 2.24) is 24.3 Å². The maximum Gasteiger partial charge on any atom is 0.411 e. The number of nitrogens with zero attached hydrogens (tertiary/aromatic N) is 5. The number of aromatic nitrogens is 2. The normalized spacial score (nSPS) is 21.2. The topological polar surface area (TPSA) is 105 Å². The number of rotatable bonds is 7. The number of carbonyl (C=O) groups is 4. The van der Waals surface area contributed by atoms with E-state index < -0.39 is 29.5 Å². The van der Waals surface area contributed by atoms with Crippen molar-refractivity contribution in [2.45, 2.75) is 104 Å². The van der Waals surface area contributed by atoms with Gasteiger partial charge in [-0.15, -0.1) is 0 Å². The lowest BCUT2D eigenvalue weighted by atomic mass is 9.74. The molecular formula is C37H46FN5O5. The number of carbonyl (C=O) groups excluding carboxylic acids is 4. The molecule has 3 amide bonds. The molecule has 0 unspecified atom stereocenters. The van der Waals surface area contributed by atoms with Crippen LogP contribution >= 0.6 is 0 Å². The molecule has 3 aromatic rings. The van der Waals surface area contributed by atoms with Crippen LogP contribution in [0.3, 0.4) is 0 Å². The Bertz CT molecular complexity index is 1740. The third-order valence-electron chi connectivity index (χ3n) is 9.97. The van der Waals surface area contributed by atoms with Gasteiger partial charge in [-0.2, -0.15) is 0 Å². The fourth-order valence-corrected chi connectivity index (χ4v) is 7.84. The lowest BCUT2D eigenvalue weighted by Crippen LogP contribution is -2.66. The molecule has 10 nitrogen and oxygen atoms in total. The van der Waals surface area contributed by atoms with Crippen LogP contribution in [0.4, 0.5) is 9.18 Å². The molecule has 0 radical (unpaired) electrons. The average Bonchev–Trinajstić information content (AvgIpc) is 3.38. The quantitative estimate of drug-likeness (QED) is 0.278. The number of halogens is 1. The van der Waals surface area contributed by atoms with Gasteiger partial charge in [0, 0.05) is 54.6 Å². The van der Waals surface area contributed by atoms with Gasteiger partial charge in [-0.05, 0) is 104 Å². The van der Waals surface area contributed by atoms with Crippen molar-refractivity contribution < 1.29 is 28.3 Å². The zero-order valence-corrected chi connectivity index (χ0v) is 28.9. The summed E-state index contributed by atoms with van der Waals surface area (Å²) in [7, 11) is 0. The van der Waals surface area contributed by atoms with Crippen LogP contribution in [0.2, 0.25) is 0 Å². The monoisotopic (exact) mass is 659 g/mol. The Morgan fingerprint density at radius 3 is 2.25 bits per heavy atom. The van der Waals surface area contributed by atoms with Crippen LogP contribution in [-0.4, -0.2) is 90.8 Å².